The molecule has 1 aliphatic heterocycles. The fourth-order valence-corrected chi connectivity index (χ4v) is 8.19. The molecule has 7 rings (SSSR count). The van der Waals surface area contributed by atoms with Gasteiger partial charge in [-0.1, -0.05) is 41.6 Å². The number of hydrogen-bond acceptors (Lipinski definition) is 2. The van der Waals surface area contributed by atoms with Gasteiger partial charge < -0.3 is 5.32 Å². The highest BCUT2D eigenvalue weighted by atomic mass is 35.5. The lowest BCUT2D eigenvalue weighted by molar-refractivity contribution is -0.125. The Labute approximate surface area is 181 Å². The number of nitrogens with one attached hydrogen (secondary N) is 1. The predicted molar refractivity (Wildman–Crippen MR) is 117 cm³/mol. The maximum Gasteiger partial charge on any atom is 0.221 e. The van der Waals surface area contributed by atoms with E-state index < -0.39 is 0 Å². The van der Waals surface area contributed by atoms with E-state index in [0.29, 0.717) is 24.3 Å². The van der Waals surface area contributed by atoms with E-state index in [1.807, 2.05) is 6.07 Å². The fraction of sp³-hybridized carbons (Fsp3) is 0.480. The molecule has 4 heteroatoms. The lowest BCUT2D eigenvalue weighted by Gasteiger charge is -2.54. The summed E-state index contributed by atoms with van der Waals surface area (Å²) >= 11 is 8.12. The van der Waals surface area contributed by atoms with Crippen LogP contribution in [0.5, 0.6) is 0 Å². The minimum absolute atomic E-state index is 0.0815. The number of carbonyl (C=O) groups is 1. The first-order valence-corrected chi connectivity index (χ1v) is 12.2. The molecule has 2 aromatic rings. The average molecular weight is 424 g/mol. The molecule has 150 valence electrons. The van der Waals surface area contributed by atoms with Crippen LogP contribution in [0.1, 0.15) is 55.6 Å². The van der Waals surface area contributed by atoms with Crippen LogP contribution in [0.15, 0.2) is 52.3 Å². The summed E-state index contributed by atoms with van der Waals surface area (Å²) in [6.07, 6.45) is 7.28. The van der Waals surface area contributed by atoms with Gasteiger partial charge in [0.2, 0.25) is 5.91 Å². The summed E-state index contributed by atoms with van der Waals surface area (Å²) in [5, 5.41) is 4.25. The topological polar surface area (TPSA) is 29.1 Å². The zero-order chi connectivity index (χ0) is 19.5. The first kappa shape index (κ1) is 18.3. The minimum atomic E-state index is 0.0815. The van der Waals surface area contributed by atoms with Crippen molar-refractivity contribution in [3.05, 3.63) is 58.6 Å². The minimum Gasteiger partial charge on any atom is -0.353 e. The van der Waals surface area contributed by atoms with E-state index in [4.69, 9.17) is 11.6 Å². The average Bonchev–Trinajstić information content (AvgIpc) is 2.70. The van der Waals surface area contributed by atoms with Gasteiger partial charge in [0.05, 0.1) is 0 Å². The molecular weight excluding hydrogens is 398 g/mol. The second-order valence-electron chi connectivity index (χ2n) is 9.60. The second-order valence-corrected chi connectivity index (χ2v) is 11.1. The number of rotatable bonds is 3. The Bertz CT molecular complexity index is 945. The van der Waals surface area contributed by atoms with Crippen molar-refractivity contribution in [1.29, 1.82) is 0 Å². The highest BCUT2D eigenvalue weighted by Crippen LogP contribution is 2.54. The molecule has 1 atom stereocenters. The van der Waals surface area contributed by atoms with Gasteiger partial charge in [-0.15, -0.1) is 0 Å². The van der Waals surface area contributed by atoms with Crippen molar-refractivity contribution in [3.8, 4) is 0 Å². The first-order chi connectivity index (χ1) is 14.1. The largest absolute Gasteiger partial charge is 0.353 e. The normalized spacial score (nSPS) is 33.8. The van der Waals surface area contributed by atoms with E-state index in [2.05, 4.69) is 41.7 Å². The fourth-order valence-electron chi connectivity index (χ4n) is 6.84. The molecule has 1 heterocycles. The molecule has 1 unspecified atom stereocenters. The maximum atomic E-state index is 13.3. The van der Waals surface area contributed by atoms with Gasteiger partial charge in [-0.3, -0.25) is 4.79 Å². The van der Waals surface area contributed by atoms with E-state index in [9.17, 15) is 4.79 Å². The van der Waals surface area contributed by atoms with Gasteiger partial charge in [-0.25, -0.2) is 0 Å². The summed E-state index contributed by atoms with van der Waals surface area (Å²) in [7, 11) is 0. The Morgan fingerprint density at radius 3 is 2.38 bits per heavy atom. The number of amides is 1. The van der Waals surface area contributed by atoms with E-state index in [0.717, 1.165) is 16.9 Å². The third kappa shape index (κ3) is 3.21. The lowest BCUT2D eigenvalue weighted by atomic mass is 9.54. The van der Waals surface area contributed by atoms with Gasteiger partial charge in [-0.05, 0) is 91.2 Å². The summed E-state index contributed by atoms with van der Waals surface area (Å²) in [6, 6.07) is 15.0. The molecule has 4 saturated carbocycles. The van der Waals surface area contributed by atoms with E-state index >= 15 is 0 Å². The Kier molecular flexibility index (Phi) is 4.46. The molecule has 4 fully saturated rings. The highest BCUT2D eigenvalue weighted by molar-refractivity contribution is 7.99. The van der Waals surface area contributed by atoms with Crippen molar-refractivity contribution in [1.82, 2.24) is 5.32 Å². The maximum absolute atomic E-state index is 13.3. The molecule has 4 bridgehead atoms. The van der Waals surface area contributed by atoms with Crippen LogP contribution in [-0.2, 0) is 4.79 Å². The Hall–Kier alpha value is -1.45. The van der Waals surface area contributed by atoms with E-state index in [1.54, 1.807) is 11.8 Å². The van der Waals surface area contributed by atoms with Crippen molar-refractivity contribution < 1.29 is 4.79 Å². The van der Waals surface area contributed by atoms with Crippen LogP contribution in [0, 0.1) is 23.7 Å². The van der Waals surface area contributed by atoms with Crippen molar-refractivity contribution in [3.63, 3.8) is 0 Å². The van der Waals surface area contributed by atoms with E-state index in [1.165, 1.54) is 53.0 Å². The van der Waals surface area contributed by atoms with Crippen LogP contribution in [-0.4, -0.2) is 11.9 Å². The number of carbonyl (C=O) groups excluding carboxylic acids is 1. The summed E-state index contributed by atoms with van der Waals surface area (Å²) in [6.45, 7) is 0. The van der Waals surface area contributed by atoms with Gasteiger partial charge in [-0.2, -0.15) is 0 Å². The molecule has 29 heavy (non-hydrogen) atoms. The van der Waals surface area contributed by atoms with Crippen molar-refractivity contribution >= 4 is 29.3 Å². The highest BCUT2D eigenvalue weighted by Gasteiger charge is 2.48. The number of halogens is 1. The van der Waals surface area contributed by atoms with Crippen LogP contribution < -0.4 is 5.32 Å². The monoisotopic (exact) mass is 423 g/mol. The van der Waals surface area contributed by atoms with Crippen molar-refractivity contribution in [2.75, 3.05) is 0 Å². The van der Waals surface area contributed by atoms with Crippen molar-refractivity contribution in [2.45, 2.75) is 60.3 Å². The summed E-state index contributed by atoms with van der Waals surface area (Å²) in [5.41, 5.74) is 2.45. The molecule has 2 nitrogen and oxygen atoms in total. The quantitative estimate of drug-likeness (QED) is 0.630. The van der Waals surface area contributed by atoms with Crippen LogP contribution in [0.3, 0.4) is 0 Å². The summed E-state index contributed by atoms with van der Waals surface area (Å²) in [5.74, 6) is 3.58. The van der Waals surface area contributed by atoms with Crippen molar-refractivity contribution in [2.24, 2.45) is 23.7 Å². The number of hydrogen-bond donors (Lipinski definition) is 1. The van der Waals surface area contributed by atoms with Crippen LogP contribution >= 0.6 is 23.4 Å². The first-order valence-electron chi connectivity index (χ1n) is 11.0. The molecule has 0 radical (unpaired) electrons. The predicted octanol–water partition coefficient (Wildman–Crippen LogP) is 6.27. The molecule has 0 aromatic heterocycles. The third-order valence-corrected chi connectivity index (χ3v) is 9.22. The lowest BCUT2D eigenvalue weighted by Crippen LogP contribution is -2.55. The number of benzene rings is 2. The molecule has 2 aromatic carbocycles. The molecular formula is C25H26ClNOS. The van der Waals surface area contributed by atoms with Crippen LogP contribution in [0.25, 0.3) is 0 Å². The van der Waals surface area contributed by atoms with Crippen LogP contribution in [0.4, 0.5) is 0 Å². The summed E-state index contributed by atoms with van der Waals surface area (Å²) in [4.78, 5) is 15.7. The summed E-state index contributed by atoms with van der Waals surface area (Å²) < 4.78 is 0. The third-order valence-electron chi connectivity index (χ3n) is 7.81. The van der Waals surface area contributed by atoms with E-state index in [-0.39, 0.29) is 11.8 Å². The molecule has 0 saturated heterocycles. The van der Waals surface area contributed by atoms with Crippen LogP contribution in [0.2, 0.25) is 5.02 Å². The van der Waals surface area contributed by atoms with Gasteiger partial charge in [0.15, 0.2) is 0 Å². The second kappa shape index (κ2) is 7.06. The smallest absolute Gasteiger partial charge is 0.221 e. The Morgan fingerprint density at radius 2 is 1.62 bits per heavy atom. The standard InChI is InChI=1S/C25H26ClNOS/c26-18-5-6-23-21(12-18)20(19-3-1-2-4-22(19)29-23)13-24(28)27-25-16-8-14-7-15(10-16)11-17(25)9-14/h1-6,12,14-17,20,25H,7-11,13H2,(H,27,28). The SMILES string of the molecule is O=C(CC1c2ccccc2Sc2ccc(Cl)cc21)NC1C2CC3CC(C2)CC1C3. The molecule has 1 amide bonds. The molecule has 5 aliphatic rings. The number of fused-ring (bicyclic) bond motifs is 2. The van der Waals surface area contributed by atoms with Gasteiger partial charge in [0, 0.05) is 33.2 Å². The van der Waals surface area contributed by atoms with Gasteiger partial charge in [0.25, 0.3) is 0 Å². The van der Waals surface area contributed by atoms with Gasteiger partial charge in [0.1, 0.15) is 0 Å². The Morgan fingerprint density at radius 1 is 0.931 bits per heavy atom. The Balaban J connectivity index is 1.26. The molecule has 4 aliphatic carbocycles. The molecule has 1 N–H and O–H groups in total. The zero-order valence-corrected chi connectivity index (χ0v) is 18.0. The zero-order valence-electron chi connectivity index (χ0n) is 16.4. The van der Waals surface area contributed by atoms with Gasteiger partial charge >= 0.3 is 0 Å². The molecule has 0 spiro atoms.